The van der Waals surface area contributed by atoms with Gasteiger partial charge in [0.25, 0.3) is 0 Å². The van der Waals surface area contributed by atoms with E-state index in [1.165, 1.54) is 134 Å². The molecule has 0 saturated carbocycles. The van der Waals surface area contributed by atoms with Gasteiger partial charge in [0.2, 0.25) is 39.3 Å². The minimum absolute atomic E-state index is 0.0285. The first-order valence-corrected chi connectivity index (χ1v) is 30.4. The van der Waals surface area contributed by atoms with Crippen LogP contribution in [0.15, 0.2) is 270 Å². The third-order valence-electron chi connectivity index (χ3n) is 11.7. The lowest BCUT2D eigenvalue weighted by molar-refractivity contribution is 0.323. The highest BCUT2D eigenvalue weighted by atomic mass is 32.2. The Morgan fingerprint density at radius 2 is 0.487 bits per heavy atom. The quantitative estimate of drug-likeness (QED) is 0.0291. The van der Waals surface area contributed by atoms with Crippen molar-refractivity contribution in [1.82, 2.24) is 0 Å². The maximum absolute atomic E-state index is 13.3. The van der Waals surface area contributed by atoms with Gasteiger partial charge >= 0.3 is 0 Å². The predicted octanol–water partition coefficient (Wildman–Crippen LogP) is 11.2. The van der Waals surface area contributed by atoms with E-state index in [9.17, 15) is 43.9 Å². The normalized spacial score (nSPS) is 12.2. The zero-order valence-electron chi connectivity index (χ0n) is 42.4. The molecule has 16 nitrogen and oxygen atoms in total. The van der Waals surface area contributed by atoms with Crippen molar-refractivity contribution in [2.24, 2.45) is 0 Å². The standard InChI is InChI=1S/C60H52O16S4/c61-45-7-23-53(24-8-45)77(63,64)55-27-11-47(12-28-55)71-39-1-3-41-73-49-15-31-57(32-16-49)79(67,68)59-35-19-51(20-36-59)75-43-5-6-44-76-52-21-37-60(38-22-52)80(69,70)58-33-17-50(18-34-58)74-42-4-2-40-72-48-13-29-56(30-14-48)78(65,66)54-25-9-46(62)10-26-54/h3-38,41-42,61-62H,1-2,39-40,43-44H2/b6-5+,41-3+,42-4+. The Kier molecular flexibility index (Phi) is 18.8. The van der Waals surface area contributed by atoms with Crippen LogP contribution in [0, 0.1) is 0 Å². The van der Waals surface area contributed by atoms with Gasteiger partial charge in [-0.05, 0) is 218 Å². The zero-order valence-corrected chi connectivity index (χ0v) is 45.7. The molecule has 2 N–H and O–H groups in total. The zero-order chi connectivity index (χ0) is 56.6. The molecule has 0 aliphatic carbocycles. The van der Waals surface area contributed by atoms with Gasteiger partial charge in [-0.15, -0.1) is 0 Å². The van der Waals surface area contributed by atoms with E-state index in [1.54, 1.807) is 97.1 Å². The van der Waals surface area contributed by atoms with Gasteiger partial charge in [0.05, 0.1) is 64.9 Å². The first kappa shape index (κ1) is 57.4. The molecule has 0 amide bonds. The topological polar surface area (TPSA) is 232 Å². The van der Waals surface area contributed by atoms with Crippen LogP contribution in [-0.4, -0.2) is 70.3 Å². The summed E-state index contributed by atoms with van der Waals surface area (Å²) in [5, 5.41) is 18.9. The monoisotopic (exact) mass is 1160 g/mol. The number of benzene rings is 8. The summed E-state index contributed by atoms with van der Waals surface area (Å²) in [5.74, 6) is 2.66. The molecule has 0 heterocycles. The van der Waals surface area contributed by atoms with Gasteiger partial charge in [0.1, 0.15) is 59.2 Å². The van der Waals surface area contributed by atoms with Crippen molar-refractivity contribution in [3.63, 3.8) is 0 Å². The second kappa shape index (κ2) is 26.2. The van der Waals surface area contributed by atoms with Gasteiger partial charge in [0.15, 0.2) is 0 Å². The number of phenols is 2. The minimum atomic E-state index is -3.84. The van der Waals surface area contributed by atoms with E-state index in [-0.39, 0.29) is 63.9 Å². The second-order valence-electron chi connectivity index (χ2n) is 17.2. The van der Waals surface area contributed by atoms with E-state index in [1.807, 2.05) is 0 Å². The Morgan fingerprint density at radius 3 is 0.738 bits per heavy atom. The molecule has 0 spiro atoms. The molecule has 8 aromatic carbocycles. The molecule has 0 fully saturated rings. The maximum Gasteiger partial charge on any atom is 0.206 e. The Labute approximate surface area is 464 Å². The number of rotatable bonds is 26. The van der Waals surface area contributed by atoms with E-state index < -0.39 is 39.3 Å². The SMILES string of the molecule is O=S(=O)(c1ccc(O/C=C/CCOc2ccc(S(=O)(=O)c3ccc(O)cc3)cc2)cc1)c1ccc(OC/C=C/COc2ccc(S(=O)(=O)c3ccc(O/C=C/CCOc4ccc(S(=O)(=O)c5ccc(O)cc5)cc4)cc3)cc2)cc1. The van der Waals surface area contributed by atoms with Crippen LogP contribution in [0.1, 0.15) is 12.8 Å². The lowest BCUT2D eigenvalue weighted by atomic mass is 10.3. The summed E-state index contributed by atoms with van der Waals surface area (Å²) in [6.07, 6.45) is 10.8. The number of hydrogen-bond acceptors (Lipinski definition) is 16. The van der Waals surface area contributed by atoms with E-state index in [4.69, 9.17) is 28.4 Å². The van der Waals surface area contributed by atoms with Gasteiger partial charge in [0, 0.05) is 12.8 Å². The molecule has 80 heavy (non-hydrogen) atoms. The summed E-state index contributed by atoms with van der Waals surface area (Å²) in [6.45, 7) is 0.935. The highest BCUT2D eigenvalue weighted by Crippen LogP contribution is 2.29. The molecule has 0 saturated heterocycles. The number of aromatic hydroxyl groups is 2. The van der Waals surface area contributed by atoms with Crippen molar-refractivity contribution in [2.45, 2.75) is 52.0 Å². The van der Waals surface area contributed by atoms with Crippen LogP contribution in [0.25, 0.3) is 0 Å². The molecule has 0 unspecified atom stereocenters. The molecule has 0 radical (unpaired) electrons. The first-order chi connectivity index (χ1) is 38.5. The predicted molar refractivity (Wildman–Crippen MR) is 297 cm³/mol. The molecule has 0 aliphatic rings. The Hall–Kier alpha value is -8.82. The number of hydrogen-bond donors (Lipinski definition) is 2. The Bertz CT molecular complexity index is 3630. The lowest BCUT2D eigenvalue weighted by Crippen LogP contribution is -2.03. The first-order valence-electron chi connectivity index (χ1n) is 24.5. The number of sulfone groups is 4. The van der Waals surface area contributed by atoms with Gasteiger partial charge in [-0.1, -0.05) is 0 Å². The lowest BCUT2D eigenvalue weighted by Gasteiger charge is -2.08. The highest BCUT2D eigenvalue weighted by molar-refractivity contribution is 7.92. The summed E-state index contributed by atoms with van der Waals surface area (Å²) < 4.78 is 139. The van der Waals surface area contributed by atoms with Crippen LogP contribution in [0.4, 0.5) is 0 Å². The molecule has 0 bridgehead atoms. The number of ether oxygens (including phenoxy) is 6. The summed E-state index contributed by atoms with van der Waals surface area (Å²) in [5.41, 5.74) is 0. The summed E-state index contributed by atoms with van der Waals surface area (Å²) in [4.78, 5) is 0.643. The van der Waals surface area contributed by atoms with Crippen molar-refractivity contribution in [3.8, 4) is 46.0 Å². The molecule has 20 heteroatoms. The van der Waals surface area contributed by atoms with Crippen molar-refractivity contribution >= 4 is 39.3 Å². The van der Waals surface area contributed by atoms with Crippen LogP contribution >= 0.6 is 0 Å². The second-order valence-corrected chi connectivity index (χ2v) is 25.0. The molecule has 0 aromatic heterocycles. The smallest absolute Gasteiger partial charge is 0.206 e. The van der Waals surface area contributed by atoms with Crippen LogP contribution in [0.3, 0.4) is 0 Å². The van der Waals surface area contributed by atoms with Crippen molar-refractivity contribution in [3.05, 3.63) is 231 Å². The van der Waals surface area contributed by atoms with Gasteiger partial charge in [-0.25, -0.2) is 33.7 Å². The fraction of sp³-hybridized carbons (Fsp3) is 0.100. The van der Waals surface area contributed by atoms with Gasteiger partial charge < -0.3 is 38.6 Å². The molecule has 8 aromatic rings. The third kappa shape index (κ3) is 15.0. The fourth-order valence-corrected chi connectivity index (χ4v) is 12.4. The molecule has 412 valence electrons. The summed E-state index contributed by atoms with van der Waals surface area (Å²) in [6, 6.07) is 46.7. The van der Waals surface area contributed by atoms with Crippen LogP contribution < -0.4 is 28.4 Å². The average molecular weight is 1160 g/mol. The maximum atomic E-state index is 13.3. The molecular formula is C60H52O16S4. The Morgan fingerprint density at radius 1 is 0.275 bits per heavy atom. The van der Waals surface area contributed by atoms with E-state index in [0.29, 0.717) is 60.6 Å². The highest BCUT2D eigenvalue weighted by Gasteiger charge is 2.21. The third-order valence-corrected chi connectivity index (χ3v) is 18.8. The minimum Gasteiger partial charge on any atom is -0.508 e. The fourth-order valence-electron chi connectivity index (χ4n) is 7.35. The summed E-state index contributed by atoms with van der Waals surface area (Å²) in [7, 11) is -15.2. The van der Waals surface area contributed by atoms with E-state index in [0.717, 1.165) is 0 Å². The Balaban J connectivity index is 0.697. The van der Waals surface area contributed by atoms with Crippen LogP contribution in [0.2, 0.25) is 0 Å². The van der Waals surface area contributed by atoms with E-state index in [2.05, 4.69) is 0 Å². The number of phenolic OH excluding ortho intramolecular Hbond substituents is 2. The molecule has 0 atom stereocenters. The van der Waals surface area contributed by atoms with Crippen LogP contribution in [0.5, 0.6) is 46.0 Å². The molecule has 8 rings (SSSR count). The summed E-state index contributed by atoms with van der Waals surface area (Å²) >= 11 is 0. The van der Waals surface area contributed by atoms with Crippen molar-refractivity contribution < 1.29 is 72.3 Å². The molecular weight excluding hydrogens is 1100 g/mol. The van der Waals surface area contributed by atoms with Crippen molar-refractivity contribution in [2.75, 3.05) is 26.4 Å². The average Bonchev–Trinajstić information content (AvgIpc) is 3.47. The van der Waals surface area contributed by atoms with E-state index >= 15 is 0 Å². The largest absolute Gasteiger partial charge is 0.508 e. The van der Waals surface area contributed by atoms with Gasteiger partial charge in [-0.3, -0.25) is 0 Å². The van der Waals surface area contributed by atoms with Gasteiger partial charge in [-0.2, -0.15) is 0 Å². The molecule has 0 aliphatic heterocycles. The van der Waals surface area contributed by atoms with Crippen molar-refractivity contribution in [1.29, 1.82) is 0 Å². The van der Waals surface area contributed by atoms with Crippen LogP contribution in [-0.2, 0) is 39.3 Å².